The average molecular weight is 287 g/mol. The molecule has 16 heavy (non-hydrogen) atoms. The van der Waals surface area contributed by atoms with Crippen LogP contribution in [0.2, 0.25) is 0 Å². The summed E-state index contributed by atoms with van der Waals surface area (Å²) in [6, 6.07) is 5.10. The summed E-state index contributed by atoms with van der Waals surface area (Å²) in [5.41, 5.74) is 0.964. The minimum absolute atomic E-state index is 0.219. The molecule has 0 aromatic heterocycles. The highest BCUT2D eigenvalue weighted by molar-refractivity contribution is 9.10. The Kier molecular flexibility index (Phi) is 3.98. The number of aliphatic hydroxyl groups is 1. The van der Waals surface area contributed by atoms with Crippen LogP contribution in [-0.2, 0) is 6.42 Å². The van der Waals surface area contributed by atoms with Crippen LogP contribution < -0.4 is 0 Å². The molecular weight excluding hydrogens is 271 g/mol. The van der Waals surface area contributed by atoms with Crippen molar-refractivity contribution < 1.29 is 9.50 Å². The maximum atomic E-state index is 13.3. The number of benzene rings is 1. The van der Waals surface area contributed by atoms with Gasteiger partial charge < -0.3 is 5.11 Å². The summed E-state index contributed by atoms with van der Waals surface area (Å²) in [4.78, 5) is 0. The van der Waals surface area contributed by atoms with Crippen LogP contribution in [0.15, 0.2) is 22.7 Å². The van der Waals surface area contributed by atoms with Gasteiger partial charge in [-0.15, -0.1) is 0 Å². The molecule has 0 bridgehead atoms. The molecule has 1 nitrogen and oxygen atoms in total. The van der Waals surface area contributed by atoms with Gasteiger partial charge >= 0.3 is 0 Å². The molecule has 1 N–H and O–H groups in total. The molecule has 3 heteroatoms. The van der Waals surface area contributed by atoms with Crippen LogP contribution in [-0.4, -0.2) is 11.2 Å². The summed E-state index contributed by atoms with van der Waals surface area (Å²) in [5.74, 6) is 0.0645. The van der Waals surface area contributed by atoms with Gasteiger partial charge in [0.2, 0.25) is 0 Å². The molecule has 0 amide bonds. The lowest BCUT2D eigenvalue weighted by Gasteiger charge is -2.27. The molecule has 1 saturated carbocycles. The highest BCUT2D eigenvalue weighted by Gasteiger charge is 2.24. The molecule has 1 fully saturated rings. The fourth-order valence-corrected chi connectivity index (χ4v) is 2.84. The van der Waals surface area contributed by atoms with Gasteiger partial charge in [-0.05, 0) is 52.7 Å². The van der Waals surface area contributed by atoms with Crippen LogP contribution in [0.4, 0.5) is 4.39 Å². The molecule has 0 aliphatic heterocycles. The van der Waals surface area contributed by atoms with Gasteiger partial charge in [0.15, 0.2) is 0 Å². The van der Waals surface area contributed by atoms with Crippen molar-refractivity contribution in [1.82, 2.24) is 0 Å². The molecule has 0 saturated heterocycles. The van der Waals surface area contributed by atoms with E-state index in [1.165, 1.54) is 12.5 Å². The van der Waals surface area contributed by atoms with E-state index in [1.54, 1.807) is 6.07 Å². The standard InChI is InChI=1S/C13H16BrFO/c14-13-10(5-3-6-11(13)15)8-9-4-1-2-7-12(9)16/h3,5-6,9,12,16H,1-2,4,7-8H2. The smallest absolute Gasteiger partial charge is 0.137 e. The fraction of sp³-hybridized carbons (Fsp3) is 0.538. The molecule has 1 aliphatic carbocycles. The van der Waals surface area contributed by atoms with E-state index in [0.717, 1.165) is 31.2 Å². The van der Waals surface area contributed by atoms with Crippen LogP contribution in [0, 0.1) is 11.7 Å². The molecule has 0 heterocycles. The van der Waals surface area contributed by atoms with Gasteiger partial charge in [0.25, 0.3) is 0 Å². The molecule has 2 unspecified atom stereocenters. The van der Waals surface area contributed by atoms with Crippen LogP contribution in [0.1, 0.15) is 31.2 Å². The van der Waals surface area contributed by atoms with E-state index in [0.29, 0.717) is 4.47 Å². The zero-order valence-corrected chi connectivity index (χ0v) is 10.7. The SMILES string of the molecule is OC1CCCCC1Cc1cccc(F)c1Br. The van der Waals surface area contributed by atoms with E-state index in [-0.39, 0.29) is 17.8 Å². The Hall–Kier alpha value is -0.410. The molecule has 88 valence electrons. The first-order chi connectivity index (χ1) is 7.68. The lowest BCUT2D eigenvalue weighted by Crippen LogP contribution is -2.26. The lowest BCUT2D eigenvalue weighted by molar-refractivity contribution is 0.0699. The Bertz CT molecular complexity index is 367. The molecule has 0 radical (unpaired) electrons. The van der Waals surface area contributed by atoms with Crippen molar-refractivity contribution >= 4 is 15.9 Å². The number of halogens is 2. The Balaban J connectivity index is 2.10. The minimum atomic E-state index is -0.220. The summed E-state index contributed by atoms with van der Waals surface area (Å²) in [7, 11) is 0. The third-order valence-corrected chi connectivity index (χ3v) is 4.27. The predicted molar refractivity (Wildman–Crippen MR) is 65.8 cm³/mol. The first-order valence-corrected chi connectivity index (χ1v) is 6.58. The quantitative estimate of drug-likeness (QED) is 0.879. The first-order valence-electron chi connectivity index (χ1n) is 5.79. The zero-order chi connectivity index (χ0) is 11.5. The van der Waals surface area contributed by atoms with Crippen molar-refractivity contribution in [2.75, 3.05) is 0 Å². The summed E-state index contributed by atoms with van der Waals surface area (Å²) in [6.45, 7) is 0. The summed E-state index contributed by atoms with van der Waals surface area (Å²) < 4.78 is 13.9. The topological polar surface area (TPSA) is 20.2 Å². The molecule has 0 spiro atoms. The first kappa shape index (κ1) is 12.1. The lowest BCUT2D eigenvalue weighted by atomic mass is 9.82. The van der Waals surface area contributed by atoms with Gasteiger partial charge in [-0.3, -0.25) is 0 Å². The molecule has 2 rings (SSSR count). The Labute approximate surface area is 104 Å². The Morgan fingerprint density at radius 1 is 1.31 bits per heavy atom. The van der Waals surface area contributed by atoms with Gasteiger partial charge in [-0.1, -0.05) is 25.0 Å². The summed E-state index contributed by atoms with van der Waals surface area (Å²) >= 11 is 3.27. The highest BCUT2D eigenvalue weighted by Crippen LogP contribution is 2.30. The molecular formula is C13H16BrFO. The average Bonchev–Trinajstić information content (AvgIpc) is 2.28. The Morgan fingerprint density at radius 2 is 2.06 bits per heavy atom. The van der Waals surface area contributed by atoms with Crippen LogP contribution in [0.5, 0.6) is 0 Å². The maximum absolute atomic E-state index is 13.3. The second-order valence-electron chi connectivity index (χ2n) is 4.53. The third kappa shape index (κ3) is 2.64. The number of aliphatic hydroxyl groups excluding tert-OH is 1. The van der Waals surface area contributed by atoms with E-state index in [2.05, 4.69) is 15.9 Å². The van der Waals surface area contributed by atoms with Crippen LogP contribution in [0.25, 0.3) is 0 Å². The van der Waals surface area contributed by atoms with E-state index < -0.39 is 0 Å². The number of hydrogen-bond donors (Lipinski definition) is 1. The van der Waals surface area contributed by atoms with E-state index >= 15 is 0 Å². The zero-order valence-electron chi connectivity index (χ0n) is 9.13. The van der Waals surface area contributed by atoms with E-state index in [1.807, 2.05) is 6.07 Å². The summed E-state index contributed by atoms with van der Waals surface area (Å²) in [5, 5.41) is 9.88. The van der Waals surface area contributed by atoms with Gasteiger partial charge in [0.1, 0.15) is 5.82 Å². The molecule has 2 atom stereocenters. The third-order valence-electron chi connectivity index (χ3n) is 3.38. The second kappa shape index (κ2) is 5.28. The molecule has 1 aromatic carbocycles. The minimum Gasteiger partial charge on any atom is -0.393 e. The monoisotopic (exact) mass is 286 g/mol. The van der Waals surface area contributed by atoms with Crippen molar-refractivity contribution in [3.8, 4) is 0 Å². The maximum Gasteiger partial charge on any atom is 0.137 e. The normalized spacial score (nSPS) is 25.7. The van der Waals surface area contributed by atoms with Crippen molar-refractivity contribution in [1.29, 1.82) is 0 Å². The largest absolute Gasteiger partial charge is 0.393 e. The molecule has 1 aromatic rings. The van der Waals surface area contributed by atoms with Crippen molar-refractivity contribution in [3.63, 3.8) is 0 Å². The summed E-state index contributed by atoms with van der Waals surface area (Å²) in [6.07, 6.45) is 4.77. The van der Waals surface area contributed by atoms with Crippen molar-refractivity contribution in [3.05, 3.63) is 34.1 Å². The van der Waals surface area contributed by atoms with Gasteiger partial charge in [-0.25, -0.2) is 4.39 Å². The van der Waals surface area contributed by atoms with E-state index in [4.69, 9.17) is 0 Å². The number of rotatable bonds is 2. The van der Waals surface area contributed by atoms with Crippen LogP contribution >= 0.6 is 15.9 Å². The second-order valence-corrected chi connectivity index (χ2v) is 5.32. The van der Waals surface area contributed by atoms with Gasteiger partial charge in [0.05, 0.1) is 10.6 Å². The van der Waals surface area contributed by atoms with Crippen molar-refractivity contribution in [2.45, 2.75) is 38.2 Å². The fourth-order valence-electron chi connectivity index (χ4n) is 2.41. The van der Waals surface area contributed by atoms with Gasteiger partial charge in [-0.2, -0.15) is 0 Å². The van der Waals surface area contributed by atoms with Crippen molar-refractivity contribution in [2.24, 2.45) is 5.92 Å². The number of hydrogen-bond acceptors (Lipinski definition) is 1. The van der Waals surface area contributed by atoms with E-state index in [9.17, 15) is 9.50 Å². The van der Waals surface area contributed by atoms with Crippen LogP contribution in [0.3, 0.4) is 0 Å². The van der Waals surface area contributed by atoms with Gasteiger partial charge in [0, 0.05) is 0 Å². The molecule has 1 aliphatic rings. The predicted octanol–water partition coefficient (Wildman–Crippen LogP) is 3.68. The Morgan fingerprint density at radius 3 is 2.81 bits per heavy atom. The highest BCUT2D eigenvalue weighted by atomic mass is 79.9.